The van der Waals surface area contributed by atoms with Crippen molar-refractivity contribution in [1.82, 2.24) is 10.3 Å². The van der Waals surface area contributed by atoms with Gasteiger partial charge in [0.1, 0.15) is 5.75 Å². The molecule has 2 heterocycles. The summed E-state index contributed by atoms with van der Waals surface area (Å²) >= 11 is 1.64. The van der Waals surface area contributed by atoms with Crippen LogP contribution in [-0.4, -0.2) is 23.3 Å². The Hall–Kier alpha value is -1.43. The molecule has 3 rings (SSSR count). The van der Waals surface area contributed by atoms with Crippen molar-refractivity contribution >= 4 is 11.3 Å². The van der Waals surface area contributed by atoms with Gasteiger partial charge in [-0.25, -0.2) is 4.98 Å². The third-order valence-corrected chi connectivity index (χ3v) is 4.56. The van der Waals surface area contributed by atoms with Gasteiger partial charge in [0, 0.05) is 23.9 Å². The zero-order valence-electron chi connectivity index (χ0n) is 11.4. The molecule has 0 spiro atoms. The molecule has 1 aliphatic rings. The zero-order valence-corrected chi connectivity index (χ0v) is 12.2. The van der Waals surface area contributed by atoms with Crippen molar-refractivity contribution in [2.75, 3.05) is 13.2 Å². The van der Waals surface area contributed by atoms with Crippen molar-refractivity contribution in [2.24, 2.45) is 0 Å². The first-order valence-corrected chi connectivity index (χ1v) is 7.61. The van der Waals surface area contributed by atoms with Crippen LogP contribution in [0.2, 0.25) is 0 Å². The quantitative estimate of drug-likeness (QED) is 0.906. The number of fused-ring (bicyclic) bond motifs is 1. The predicted molar refractivity (Wildman–Crippen MR) is 79.0 cm³/mol. The maximum absolute atomic E-state index is 9.94. The first-order valence-electron chi connectivity index (χ1n) is 6.73. The number of rotatable bonds is 4. The Morgan fingerprint density at radius 3 is 3.05 bits per heavy atom. The summed E-state index contributed by atoms with van der Waals surface area (Å²) in [6.07, 6.45) is 0.754. The molecule has 0 fully saturated rings. The minimum Gasteiger partial charge on any atom is -0.493 e. The van der Waals surface area contributed by atoms with Crippen LogP contribution in [0.3, 0.4) is 0 Å². The maximum Gasteiger partial charge on any atom is 0.124 e. The van der Waals surface area contributed by atoms with Crippen LogP contribution in [0.15, 0.2) is 29.6 Å². The summed E-state index contributed by atoms with van der Waals surface area (Å²) in [7, 11) is 0. The Bertz CT molecular complexity index is 599. The first kappa shape index (κ1) is 13.5. The number of para-hydroxylation sites is 1. The van der Waals surface area contributed by atoms with Gasteiger partial charge in [0.15, 0.2) is 0 Å². The second-order valence-electron chi connectivity index (χ2n) is 5.05. The van der Waals surface area contributed by atoms with Gasteiger partial charge in [-0.2, -0.15) is 0 Å². The molecular weight excluding hydrogens is 272 g/mol. The standard InChI is InChI=1S/C15H18N2O2S/c1-11-17-12(9-20-11)8-16-15(10-18)6-7-19-14-5-3-2-4-13(14)15/h2-5,9,16,18H,6-8,10H2,1H3/t15-/m0/s1. The highest BCUT2D eigenvalue weighted by Crippen LogP contribution is 2.36. The Balaban J connectivity index is 1.85. The summed E-state index contributed by atoms with van der Waals surface area (Å²) < 4.78 is 5.67. The van der Waals surface area contributed by atoms with Crippen LogP contribution < -0.4 is 10.1 Å². The van der Waals surface area contributed by atoms with Crippen LogP contribution in [0, 0.1) is 6.92 Å². The van der Waals surface area contributed by atoms with E-state index in [-0.39, 0.29) is 6.61 Å². The van der Waals surface area contributed by atoms with Gasteiger partial charge in [-0.05, 0) is 13.0 Å². The molecule has 20 heavy (non-hydrogen) atoms. The number of aryl methyl sites for hydroxylation is 1. The van der Waals surface area contributed by atoms with Gasteiger partial charge in [-0.3, -0.25) is 5.32 Å². The van der Waals surface area contributed by atoms with Crippen molar-refractivity contribution in [3.8, 4) is 5.75 Å². The average molecular weight is 290 g/mol. The summed E-state index contributed by atoms with van der Waals surface area (Å²) in [5, 5.41) is 16.5. The van der Waals surface area contributed by atoms with E-state index in [1.165, 1.54) is 0 Å². The van der Waals surface area contributed by atoms with E-state index < -0.39 is 5.54 Å². The fraction of sp³-hybridized carbons (Fsp3) is 0.400. The first-order chi connectivity index (χ1) is 9.73. The molecule has 0 bridgehead atoms. The molecule has 0 unspecified atom stereocenters. The fourth-order valence-corrected chi connectivity index (χ4v) is 3.22. The predicted octanol–water partition coefficient (Wildman–Crippen LogP) is 2.21. The fourth-order valence-electron chi connectivity index (χ4n) is 2.61. The number of benzene rings is 1. The molecule has 0 amide bonds. The van der Waals surface area contributed by atoms with E-state index in [9.17, 15) is 5.11 Å². The van der Waals surface area contributed by atoms with Crippen molar-refractivity contribution in [3.63, 3.8) is 0 Å². The summed E-state index contributed by atoms with van der Waals surface area (Å²) in [5.74, 6) is 0.856. The molecular formula is C15H18N2O2S. The van der Waals surface area contributed by atoms with Crippen LogP contribution in [-0.2, 0) is 12.1 Å². The zero-order chi connectivity index (χ0) is 14.0. The summed E-state index contributed by atoms with van der Waals surface area (Å²) in [4.78, 5) is 4.46. The Kier molecular flexibility index (Phi) is 3.74. The van der Waals surface area contributed by atoms with Gasteiger partial charge >= 0.3 is 0 Å². The van der Waals surface area contributed by atoms with Crippen LogP contribution in [0.1, 0.15) is 22.7 Å². The SMILES string of the molecule is Cc1nc(CN[C@]2(CO)CCOc3ccccc32)cs1. The molecule has 1 aliphatic heterocycles. The van der Waals surface area contributed by atoms with Gasteiger partial charge in [-0.1, -0.05) is 18.2 Å². The normalized spacial score (nSPS) is 21.3. The summed E-state index contributed by atoms with van der Waals surface area (Å²) in [6.45, 7) is 3.32. The number of aliphatic hydroxyl groups excluding tert-OH is 1. The lowest BCUT2D eigenvalue weighted by molar-refractivity contribution is 0.105. The highest BCUT2D eigenvalue weighted by molar-refractivity contribution is 7.09. The molecule has 1 aromatic heterocycles. The molecule has 4 nitrogen and oxygen atoms in total. The minimum atomic E-state index is -0.438. The number of aromatic nitrogens is 1. The van der Waals surface area contributed by atoms with E-state index >= 15 is 0 Å². The number of aliphatic hydroxyl groups is 1. The molecule has 106 valence electrons. The molecule has 0 radical (unpaired) electrons. The van der Waals surface area contributed by atoms with E-state index in [2.05, 4.69) is 15.7 Å². The lowest BCUT2D eigenvalue weighted by Crippen LogP contribution is -2.48. The van der Waals surface area contributed by atoms with E-state index in [4.69, 9.17) is 4.74 Å². The largest absolute Gasteiger partial charge is 0.493 e. The Morgan fingerprint density at radius 1 is 1.45 bits per heavy atom. The van der Waals surface area contributed by atoms with Crippen molar-refractivity contribution in [3.05, 3.63) is 45.9 Å². The molecule has 1 aromatic carbocycles. The lowest BCUT2D eigenvalue weighted by atomic mass is 9.85. The maximum atomic E-state index is 9.94. The van der Waals surface area contributed by atoms with Crippen LogP contribution >= 0.6 is 11.3 Å². The number of nitrogens with zero attached hydrogens (tertiary/aromatic N) is 1. The molecule has 1 atom stereocenters. The lowest BCUT2D eigenvalue weighted by Gasteiger charge is -2.38. The Morgan fingerprint density at radius 2 is 2.30 bits per heavy atom. The van der Waals surface area contributed by atoms with E-state index in [0.29, 0.717) is 13.2 Å². The van der Waals surface area contributed by atoms with Gasteiger partial charge in [-0.15, -0.1) is 11.3 Å². The van der Waals surface area contributed by atoms with Gasteiger partial charge in [0.2, 0.25) is 0 Å². The average Bonchev–Trinajstić information content (AvgIpc) is 2.91. The Labute approximate surface area is 122 Å². The molecule has 0 saturated carbocycles. The van der Waals surface area contributed by atoms with E-state index in [1.807, 2.05) is 31.2 Å². The van der Waals surface area contributed by atoms with Crippen LogP contribution in [0.25, 0.3) is 0 Å². The number of hydrogen-bond acceptors (Lipinski definition) is 5. The van der Waals surface area contributed by atoms with Gasteiger partial charge < -0.3 is 9.84 Å². The van der Waals surface area contributed by atoms with Crippen LogP contribution in [0.4, 0.5) is 0 Å². The third-order valence-electron chi connectivity index (χ3n) is 3.73. The monoisotopic (exact) mass is 290 g/mol. The number of ether oxygens (including phenoxy) is 1. The summed E-state index contributed by atoms with van der Waals surface area (Å²) in [6, 6.07) is 7.90. The van der Waals surface area contributed by atoms with Crippen molar-refractivity contribution in [1.29, 1.82) is 0 Å². The highest BCUT2D eigenvalue weighted by atomic mass is 32.1. The second-order valence-corrected chi connectivity index (χ2v) is 6.11. The molecule has 2 aromatic rings. The summed E-state index contributed by atoms with van der Waals surface area (Å²) in [5.41, 5.74) is 1.61. The molecule has 0 saturated heterocycles. The van der Waals surface area contributed by atoms with E-state index in [1.54, 1.807) is 11.3 Å². The van der Waals surface area contributed by atoms with E-state index in [0.717, 1.165) is 28.4 Å². The van der Waals surface area contributed by atoms with Gasteiger partial charge in [0.25, 0.3) is 0 Å². The van der Waals surface area contributed by atoms with Crippen molar-refractivity contribution < 1.29 is 9.84 Å². The number of nitrogens with one attached hydrogen (secondary N) is 1. The highest BCUT2D eigenvalue weighted by Gasteiger charge is 2.36. The number of hydrogen-bond donors (Lipinski definition) is 2. The minimum absolute atomic E-state index is 0.0521. The molecule has 5 heteroatoms. The third kappa shape index (κ3) is 2.44. The molecule has 2 N–H and O–H groups in total. The number of thiazole rings is 1. The van der Waals surface area contributed by atoms with Gasteiger partial charge in [0.05, 0.1) is 29.5 Å². The van der Waals surface area contributed by atoms with Crippen molar-refractivity contribution in [2.45, 2.75) is 25.4 Å². The topological polar surface area (TPSA) is 54.4 Å². The smallest absolute Gasteiger partial charge is 0.124 e. The second kappa shape index (κ2) is 5.52. The molecule has 0 aliphatic carbocycles. The van der Waals surface area contributed by atoms with Crippen LogP contribution in [0.5, 0.6) is 5.75 Å².